The van der Waals surface area contributed by atoms with Crippen molar-refractivity contribution in [3.8, 4) is 11.3 Å². The van der Waals surface area contributed by atoms with Crippen LogP contribution in [0.1, 0.15) is 43.6 Å². The van der Waals surface area contributed by atoms with Gasteiger partial charge in [-0.2, -0.15) is 0 Å². The summed E-state index contributed by atoms with van der Waals surface area (Å²) in [5.74, 6) is 0.928. The molecule has 0 spiro atoms. The highest BCUT2D eigenvalue weighted by Gasteiger charge is 2.19. The van der Waals surface area contributed by atoms with E-state index >= 15 is 0 Å². The van der Waals surface area contributed by atoms with Gasteiger partial charge in [0.15, 0.2) is 0 Å². The largest absolute Gasteiger partial charge is 0.307 e. The number of benzene rings is 1. The van der Waals surface area contributed by atoms with E-state index in [4.69, 9.17) is 4.98 Å². The summed E-state index contributed by atoms with van der Waals surface area (Å²) in [5, 5.41) is 3.45. The van der Waals surface area contributed by atoms with Gasteiger partial charge in [-0.15, -0.1) is 0 Å². The minimum absolute atomic E-state index is 0.328. The van der Waals surface area contributed by atoms with E-state index in [9.17, 15) is 0 Å². The number of aryl methyl sites for hydroxylation is 1. The zero-order valence-corrected chi connectivity index (χ0v) is 12.0. The highest BCUT2D eigenvalue weighted by Crippen LogP contribution is 2.23. The van der Waals surface area contributed by atoms with Gasteiger partial charge in [-0.3, -0.25) is 0 Å². The molecule has 1 aromatic carbocycles. The van der Waals surface area contributed by atoms with Crippen LogP contribution in [-0.2, 0) is 6.42 Å². The molecule has 2 heterocycles. The predicted molar refractivity (Wildman–Crippen MR) is 81.4 cm³/mol. The van der Waals surface area contributed by atoms with Gasteiger partial charge in [0.05, 0.1) is 11.7 Å². The second kappa shape index (κ2) is 6.14. The summed E-state index contributed by atoms with van der Waals surface area (Å²) in [5.41, 5.74) is 3.58. The van der Waals surface area contributed by atoms with Crippen molar-refractivity contribution in [2.75, 3.05) is 6.54 Å². The molecule has 1 aliphatic heterocycles. The van der Waals surface area contributed by atoms with Crippen LogP contribution in [0.2, 0.25) is 0 Å². The van der Waals surface area contributed by atoms with Crippen LogP contribution in [0.3, 0.4) is 0 Å². The summed E-state index contributed by atoms with van der Waals surface area (Å²) in [7, 11) is 0. The fraction of sp³-hybridized carbons (Fsp3) is 0.412. The Kier molecular flexibility index (Phi) is 4.07. The standard InChI is InChI=1S/C17H21N3/c1-2-4-13-6-8-14(9-7-13)15-10-12-19-17(20-15)16-5-3-11-18-16/h6-10,12,16,18H,2-5,11H2,1H3. The molecule has 1 atom stereocenters. The Morgan fingerprint density at radius 3 is 2.75 bits per heavy atom. The van der Waals surface area contributed by atoms with Crippen LogP contribution in [0.4, 0.5) is 0 Å². The van der Waals surface area contributed by atoms with Gasteiger partial charge < -0.3 is 5.32 Å². The second-order valence-electron chi connectivity index (χ2n) is 5.40. The van der Waals surface area contributed by atoms with Crippen molar-refractivity contribution >= 4 is 0 Å². The number of rotatable bonds is 4. The lowest BCUT2D eigenvalue weighted by Crippen LogP contribution is -2.15. The van der Waals surface area contributed by atoms with Gasteiger partial charge in [0, 0.05) is 11.8 Å². The van der Waals surface area contributed by atoms with Crippen LogP contribution in [-0.4, -0.2) is 16.5 Å². The molecule has 0 amide bonds. The molecule has 1 N–H and O–H groups in total. The molecule has 1 unspecified atom stereocenters. The molecule has 1 saturated heterocycles. The molecule has 20 heavy (non-hydrogen) atoms. The monoisotopic (exact) mass is 267 g/mol. The van der Waals surface area contributed by atoms with E-state index in [2.05, 4.69) is 41.5 Å². The second-order valence-corrected chi connectivity index (χ2v) is 5.40. The van der Waals surface area contributed by atoms with Gasteiger partial charge >= 0.3 is 0 Å². The van der Waals surface area contributed by atoms with E-state index in [1.54, 1.807) is 0 Å². The Bertz CT molecular complexity index is 557. The zero-order chi connectivity index (χ0) is 13.8. The van der Waals surface area contributed by atoms with Crippen LogP contribution >= 0.6 is 0 Å². The van der Waals surface area contributed by atoms with Crippen molar-refractivity contribution in [3.63, 3.8) is 0 Å². The van der Waals surface area contributed by atoms with Gasteiger partial charge in [0.2, 0.25) is 0 Å². The van der Waals surface area contributed by atoms with Gasteiger partial charge in [0.25, 0.3) is 0 Å². The molecule has 2 aromatic rings. The van der Waals surface area contributed by atoms with E-state index in [0.717, 1.165) is 30.9 Å². The summed E-state index contributed by atoms with van der Waals surface area (Å²) in [6, 6.07) is 11.1. The normalized spacial score (nSPS) is 18.4. The predicted octanol–water partition coefficient (Wildman–Crippen LogP) is 3.52. The topological polar surface area (TPSA) is 37.8 Å². The molecule has 0 radical (unpaired) electrons. The average Bonchev–Trinajstić information content (AvgIpc) is 3.03. The number of nitrogens with zero attached hydrogens (tertiary/aromatic N) is 2. The Labute approximate surface area is 120 Å². The summed E-state index contributed by atoms with van der Waals surface area (Å²) in [6.45, 7) is 3.28. The number of hydrogen-bond donors (Lipinski definition) is 1. The fourth-order valence-electron chi connectivity index (χ4n) is 2.74. The van der Waals surface area contributed by atoms with Crippen LogP contribution in [0.15, 0.2) is 36.5 Å². The first kappa shape index (κ1) is 13.3. The molecule has 1 aromatic heterocycles. The van der Waals surface area contributed by atoms with Crippen LogP contribution in [0.25, 0.3) is 11.3 Å². The third-order valence-electron chi connectivity index (χ3n) is 3.83. The lowest BCUT2D eigenvalue weighted by Gasteiger charge is -2.10. The molecular formula is C17H21N3. The molecule has 3 nitrogen and oxygen atoms in total. The van der Waals surface area contributed by atoms with Crippen molar-refractivity contribution in [2.24, 2.45) is 0 Å². The molecular weight excluding hydrogens is 246 g/mol. The Morgan fingerprint density at radius 1 is 1.20 bits per heavy atom. The van der Waals surface area contributed by atoms with Crippen molar-refractivity contribution in [1.29, 1.82) is 0 Å². The van der Waals surface area contributed by atoms with E-state index in [-0.39, 0.29) is 0 Å². The van der Waals surface area contributed by atoms with E-state index in [1.165, 1.54) is 24.0 Å². The van der Waals surface area contributed by atoms with Crippen molar-refractivity contribution in [3.05, 3.63) is 47.9 Å². The number of hydrogen-bond acceptors (Lipinski definition) is 3. The molecule has 0 aliphatic carbocycles. The van der Waals surface area contributed by atoms with Gasteiger partial charge in [-0.25, -0.2) is 9.97 Å². The Balaban J connectivity index is 1.83. The third kappa shape index (κ3) is 2.88. The first-order valence-electron chi connectivity index (χ1n) is 7.52. The summed E-state index contributed by atoms with van der Waals surface area (Å²) in [6.07, 6.45) is 6.55. The van der Waals surface area contributed by atoms with Crippen LogP contribution in [0, 0.1) is 0 Å². The molecule has 3 heteroatoms. The van der Waals surface area contributed by atoms with Crippen molar-refractivity contribution in [1.82, 2.24) is 15.3 Å². The first-order chi connectivity index (χ1) is 9.86. The minimum Gasteiger partial charge on any atom is -0.307 e. The third-order valence-corrected chi connectivity index (χ3v) is 3.83. The van der Waals surface area contributed by atoms with E-state index < -0.39 is 0 Å². The molecule has 1 aliphatic rings. The van der Waals surface area contributed by atoms with E-state index in [1.807, 2.05) is 12.3 Å². The van der Waals surface area contributed by atoms with Crippen molar-refractivity contribution < 1.29 is 0 Å². The molecule has 0 bridgehead atoms. The maximum absolute atomic E-state index is 4.73. The minimum atomic E-state index is 0.328. The quantitative estimate of drug-likeness (QED) is 0.921. The maximum atomic E-state index is 4.73. The number of nitrogens with one attached hydrogen (secondary N) is 1. The van der Waals surface area contributed by atoms with Gasteiger partial charge in [-0.1, -0.05) is 37.6 Å². The summed E-state index contributed by atoms with van der Waals surface area (Å²) in [4.78, 5) is 9.15. The highest BCUT2D eigenvalue weighted by molar-refractivity contribution is 5.59. The van der Waals surface area contributed by atoms with Gasteiger partial charge in [0.1, 0.15) is 5.82 Å². The molecule has 0 saturated carbocycles. The highest BCUT2D eigenvalue weighted by atomic mass is 15.0. The Hall–Kier alpha value is -1.74. The molecule has 3 rings (SSSR count). The van der Waals surface area contributed by atoms with Gasteiger partial charge in [-0.05, 0) is 37.4 Å². The molecule has 104 valence electrons. The lowest BCUT2D eigenvalue weighted by atomic mass is 10.1. The number of aromatic nitrogens is 2. The zero-order valence-electron chi connectivity index (χ0n) is 12.0. The van der Waals surface area contributed by atoms with Crippen LogP contribution < -0.4 is 5.32 Å². The Morgan fingerprint density at radius 2 is 2.05 bits per heavy atom. The fourth-order valence-corrected chi connectivity index (χ4v) is 2.74. The maximum Gasteiger partial charge on any atom is 0.145 e. The van der Waals surface area contributed by atoms with Crippen molar-refractivity contribution in [2.45, 2.75) is 38.6 Å². The summed E-state index contributed by atoms with van der Waals surface area (Å²) >= 11 is 0. The average molecular weight is 267 g/mol. The molecule has 1 fully saturated rings. The first-order valence-corrected chi connectivity index (χ1v) is 7.52. The SMILES string of the molecule is CCCc1ccc(-c2ccnc(C3CCCN3)n2)cc1. The lowest BCUT2D eigenvalue weighted by molar-refractivity contribution is 0.605. The smallest absolute Gasteiger partial charge is 0.145 e. The van der Waals surface area contributed by atoms with Crippen LogP contribution in [0.5, 0.6) is 0 Å². The van der Waals surface area contributed by atoms with E-state index in [0.29, 0.717) is 6.04 Å². The summed E-state index contributed by atoms with van der Waals surface area (Å²) < 4.78 is 0.